The fraction of sp³-hybridized carbons (Fsp3) is 0.267. The number of nitrogens with one attached hydrogen (secondary N) is 1. The van der Waals surface area contributed by atoms with E-state index < -0.39 is 0 Å². The van der Waals surface area contributed by atoms with E-state index in [-0.39, 0.29) is 6.04 Å². The van der Waals surface area contributed by atoms with Crippen molar-refractivity contribution < 1.29 is 9.47 Å². The van der Waals surface area contributed by atoms with Gasteiger partial charge < -0.3 is 9.47 Å². The van der Waals surface area contributed by atoms with Crippen LogP contribution in [-0.4, -0.2) is 19.2 Å². The lowest BCUT2D eigenvalue weighted by Gasteiger charge is -2.18. The van der Waals surface area contributed by atoms with E-state index in [1.807, 2.05) is 24.3 Å². The zero-order chi connectivity index (χ0) is 15.2. The van der Waals surface area contributed by atoms with Crippen LogP contribution in [0.4, 0.5) is 0 Å². The summed E-state index contributed by atoms with van der Waals surface area (Å²) in [4.78, 5) is 3.98. The molecule has 0 fully saturated rings. The van der Waals surface area contributed by atoms with Gasteiger partial charge in [-0.1, -0.05) is 11.6 Å². The number of methoxy groups -OCH3 is 2. The second-order valence-corrected chi connectivity index (χ2v) is 4.94. The molecule has 1 heterocycles. The van der Waals surface area contributed by atoms with Crippen molar-refractivity contribution in [1.82, 2.24) is 10.4 Å². The van der Waals surface area contributed by atoms with Gasteiger partial charge in [-0.25, -0.2) is 0 Å². The Labute approximate surface area is 129 Å². The third kappa shape index (κ3) is 3.85. The van der Waals surface area contributed by atoms with Crippen molar-refractivity contribution in [2.75, 3.05) is 14.2 Å². The molecule has 2 rings (SSSR count). The largest absolute Gasteiger partial charge is 0.497 e. The van der Waals surface area contributed by atoms with Crippen molar-refractivity contribution >= 4 is 11.6 Å². The summed E-state index contributed by atoms with van der Waals surface area (Å²) in [6, 6.07) is 7.42. The smallest absolute Gasteiger partial charge is 0.122 e. The Hall–Kier alpha value is -1.82. The fourth-order valence-electron chi connectivity index (χ4n) is 2.09. The normalized spacial score (nSPS) is 12.0. The quantitative estimate of drug-likeness (QED) is 0.634. The molecule has 0 aliphatic heterocycles. The summed E-state index contributed by atoms with van der Waals surface area (Å²) >= 11 is 6.15. The zero-order valence-electron chi connectivity index (χ0n) is 12.0. The molecule has 3 N–H and O–H groups in total. The Morgan fingerprint density at radius 1 is 1.24 bits per heavy atom. The molecule has 21 heavy (non-hydrogen) atoms. The third-order valence-corrected chi connectivity index (χ3v) is 3.60. The minimum atomic E-state index is -0.117. The van der Waals surface area contributed by atoms with Crippen LogP contribution in [0.2, 0.25) is 5.02 Å². The Morgan fingerprint density at radius 3 is 2.43 bits per heavy atom. The van der Waals surface area contributed by atoms with Crippen LogP contribution in [0.5, 0.6) is 11.5 Å². The lowest BCUT2D eigenvalue weighted by atomic mass is 9.99. The molecule has 0 spiro atoms. The number of ether oxygens (including phenoxy) is 2. The van der Waals surface area contributed by atoms with Crippen LogP contribution in [0.3, 0.4) is 0 Å². The number of halogens is 1. The molecule has 0 radical (unpaired) electrons. The molecule has 1 unspecified atom stereocenters. The summed E-state index contributed by atoms with van der Waals surface area (Å²) in [6.07, 6.45) is 3.96. The van der Waals surface area contributed by atoms with Gasteiger partial charge in [0, 0.05) is 18.5 Å². The first-order chi connectivity index (χ1) is 10.2. The Kier molecular flexibility index (Phi) is 5.38. The predicted octanol–water partition coefficient (Wildman–Crippen LogP) is 2.50. The lowest BCUT2D eigenvalue weighted by Crippen LogP contribution is -2.29. The number of nitrogens with zero attached hydrogens (tertiary/aromatic N) is 1. The summed E-state index contributed by atoms with van der Waals surface area (Å²) in [7, 11) is 3.23. The van der Waals surface area contributed by atoms with E-state index in [9.17, 15) is 0 Å². The summed E-state index contributed by atoms with van der Waals surface area (Å²) in [6.45, 7) is 0. The van der Waals surface area contributed by atoms with Gasteiger partial charge in [-0.2, -0.15) is 0 Å². The summed E-state index contributed by atoms with van der Waals surface area (Å²) in [5.74, 6) is 7.12. The van der Waals surface area contributed by atoms with Gasteiger partial charge in [0.15, 0.2) is 0 Å². The van der Waals surface area contributed by atoms with Crippen molar-refractivity contribution in [3.63, 3.8) is 0 Å². The van der Waals surface area contributed by atoms with E-state index in [1.165, 1.54) is 0 Å². The molecule has 0 aliphatic carbocycles. The van der Waals surface area contributed by atoms with E-state index in [4.69, 9.17) is 26.9 Å². The van der Waals surface area contributed by atoms with Gasteiger partial charge in [0.05, 0.1) is 25.3 Å². The predicted molar refractivity (Wildman–Crippen MR) is 82.6 cm³/mol. The van der Waals surface area contributed by atoms with Crippen LogP contribution >= 0.6 is 11.6 Å². The molecule has 112 valence electrons. The number of pyridine rings is 1. The summed E-state index contributed by atoms with van der Waals surface area (Å²) in [5.41, 5.74) is 4.74. The molecule has 1 aromatic heterocycles. The molecule has 1 aromatic carbocycles. The number of hydrazine groups is 1. The molecule has 0 saturated carbocycles. The van der Waals surface area contributed by atoms with Crippen molar-refractivity contribution in [3.05, 3.63) is 52.8 Å². The summed E-state index contributed by atoms with van der Waals surface area (Å²) in [5, 5.41) is 0.618. The van der Waals surface area contributed by atoms with Crippen molar-refractivity contribution in [2.24, 2.45) is 5.84 Å². The van der Waals surface area contributed by atoms with Crippen LogP contribution in [0.1, 0.15) is 17.2 Å². The van der Waals surface area contributed by atoms with E-state index >= 15 is 0 Å². The van der Waals surface area contributed by atoms with E-state index in [0.29, 0.717) is 22.9 Å². The lowest BCUT2D eigenvalue weighted by molar-refractivity contribution is 0.391. The molecular formula is C15H18ClN3O2. The molecule has 5 nitrogen and oxygen atoms in total. The standard InChI is InChI=1S/C15H18ClN3O2/c1-20-12-5-11(6-13(8-12)21-2)15(19-17)7-10-3-4-18-9-14(10)16/h3-6,8-9,15,19H,7,17H2,1-2H3. The van der Waals surface area contributed by atoms with Crippen molar-refractivity contribution in [3.8, 4) is 11.5 Å². The van der Waals surface area contributed by atoms with Gasteiger partial charge in [-0.05, 0) is 35.7 Å². The minimum absolute atomic E-state index is 0.117. The maximum atomic E-state index is 6.15. The monoisotopic (exact) mass is 307 g/mol. The van der Waals surface area contributed by atoms with E-state index in [2.05, 4.69) is 10.4 Å². The number of hydrogen-bond acceptors (Lipinski definition) is 5. The Bertz CT molecular complexity index is 585. The zero-order valence-corrected chi connectivity index (χ0v) is 12.7. The second kappa shape index (κ2) is 7.26. The number of aromatic nitrogens is 1. The second-order valence-electron chi connectivity index (χ2n) is 4.54. The van der Waals surface area contributed by atoms with Crippen LogP contribution in [0.25, 0.3) is 0 Å². The highest BCUT2D eigenvalue weighted by atomic mass is 35.5. The van der Waals surface area contributed by atoms with Gasteiger partial charge in [0.25, 0.3) is 0 Å². The highest BCUT2D eigenvalue weighted by Crippen LogP contribution is 2.29. The maximum absolute atomic E-state index is 6.15. The van der Waals surface area contributed by atoms with Gasteiger partial charge in [-0.3, -0.25) is 16.3 Å². The van der Waals surface area contributed by atoms with Crippen molar-refractivity contribution in [1.29, 1.82) is 0 Å². The molecule has 0 aliphatic rings. The third-order valence-electron chi connectivity index (χ3n) is 3.26. The van der Waals surface area contributed by atoms with Crippen LogP contribution in [0.15, 0.2) is 36.7 Å². The average molecular weight is 308 g/mol. The minimum Gasteiger partial charge on any atom is -0.497 e. The van der Waals surface area contributed by atoms with E-state index in [1.54, 1.807) is 26.6 Å². The molecule has 0 bridgehead atoms. The van der Waals surface area contributed by atoms with Gasteiger partial charge in [0.2, 0.25) is 0 Å². The molecule has 2 aromatic rings. The van der Waals surface area contributed by atoms with Gasteiger partial charge >= 0.3 is 0 Å². The van der Waals surface area contributed by atoms with E-state index in [0.717, 1.165) is 11.1 Å². The average Bonchev–Trinajstić information content (AvgIpc) is 2.53. The molecule has 0 amide bonds. The first-order valence-corrected chi connectivity index (χ1v) is 6.83. The molecular weight excluding hydrogens is 290 g/mol. The first kappa shape index (κ1) is 15.6. The first-order valence-electron chi connectivity index (χ1n) is 6.45. The Balaban J connectivity index is 2.31. The van der Waals surface area contributed by atoms with Gasteiger partial charge in [0.1, 0.15) is 11.5 Å². The fourth-order valence-corrected chi connectivity index (χ4v) is 2.29. The summed E-state index contributed by atoms with van der Waals surface area (Å²) < 4.78 is 10.6. The number of hydrogen-bond donors (Lipinski definition) is 2. The van der Waals surface area contributed by atoms with Gasteiger partial charge in [-0.15, -0.1) is 0 Å². The Morgan fingerprint density at radius 2 is 1.90 bits per heavy atom. The topological polar surface area (TPSA) is 69.4 Å². The number of benzene rings is 1. The highest BCUT2D eigenvalue weighted by molar-refractivity contribution is 6.31. The van der Waals surface area contributed by atoms with Crippen LogP contribution in [-0.2, 0) is 6.42 Å². The highest BCUT2D eigenvalue weighted by Gasteiger charge is 2.15. The van der Waals surface area contributed by atoms with Crippen molar-refractivity contribution in [2.45, 2.75) is 12.5 Å². The molecule has 6 heteroatoms. The van der Waals surface area contributed by atoms with Crippen LogP contribution in [0, 0.1) is 0 Å². The maximum Gasteiger partial charge on any atom is 0.122 e. The van der Waals surface area contributed by atoms with Crippen LogP contribution < -0.4 is 20.7 Å². The number of nitrogens with two attached hydrogens (primary N) is 1. The molecule has 0 saturated heterocycles. The number of rotatable bonds is 6. The molecule has 1 atom stereocenters. The SMILES string of the molecule is COc1cc(OC)cc(C(Cc2ccncc2Cl)NN)c1.